The van der Waals surface area contributed by atoms with Gasteiger partial charge in [0.1, 0.15) is 39.7 Å². The number of aryl methyl sites for hydroxylation is 8. The highest BCUT2D eigenvalue weighted by Crippen LogP contribution is 2.32. The van der Waals surface area contributed by atoms with E-state index in [-0.39, 0.29) is 22.2 Å². The molecular formula is C89H99N27O4. The zero-order valence-electron chi connectivity index (χ0n) is 70.1. The third-order valence-corrected chi connectivity index (χ3v) is 24.0. The van der Waals surface area contributed by atoms with E-state index in [9.17, 15) is 19.2 Å². The molecule has 614 valence electrons. The standard InChI is InChI=1S/C23H25N7O.C23H27N7O.C22H24N6O.C21H23N7O/c1-15-11-30-21(16(2)24-15)9-20(26-30)19-10-23(31)29-14-17(5-6-22(29)25-19)28-12-18(13-28)27-7-3-4-8-27;1-5-27(6-2)18-12-28(13-18)17-7-8-22-25-19(10-23(31)29(22)14-17)20-9-21-16(4)24-15(3)11-30(21)26-20;1-14-8-18(27-7-6-23-15(2)11-27)13-28-21(29)10-20(24-22(14)28)16-4-5-19-17(9-16)12-26(3)25-19;1-13-9-28-19(14(2)22-13)7-18(24-28)17-8-21(29)27-12-15(5-6-20(27)23-17)26-10-16(11-26)25(3)4/h5-6,9-11,14,18H,3-4,7-8,12-13H2,1-2H3;7-11,14,18H,5-6,12-13H2,1-4H3;4-5,8-10,12-13,15,23H,6-7,11H2,1-3H3;5-9,12,16H,10-11H2,1-4H3/t;;15-;/m..0./s1. The first-order valence-electron chi connectivity index (χ1n) is 41.4. The fourth-order valence-electron chi connectivity index (χ4n) is 17.3. The summed E-state index contributed by atoms with van der Waals surface area (Å²) >= 11 is 0. The van der Waals surface area contributed by atoms with Crippen LogP contribution in [-0.4, -0.2) is 229 Å². The Morgan fingerprint density at radius 1 is 0.417 bits per heavy atom. The molecule has 1 N–H and O–H groups in total. The maximum Gasteiger partial charge on any atom is 0.258 e. The molecule has 120 heavy (non-hydrogen) atoms. The smallest absolute Gasteiger partial charge is 0.258 e. The summed E-state index contributed by atoms with van der Waals surface area (Å²) in [6.45, 7) is 33.6. The number of nitrogens with one attached hydrogen (secondary N) is 1. The summed E-state index contributed by atoms with van der Waals surface area (Å²) in [6.07, 6.45) is 17.8. The number of nitrogens with zero attached hydrogens (tertiary/aromatic N) is 26. The van der Waals surface area contributed by atoms with Gasteiger partial charge in [-0.05, 0) is 187 Å². The number of hydrogen-bond donors (Lipinski definition) is 1. The molecule has 20 heterocycles. The molecule has 0 aliphatic carbocycles. The maximum atomic E-state index is 13.0. The van der Waals surface area contributed by atoms with E-state index in [0.29, 0.717) is 86.6 Å². The summed E-state index contributed by atoms with van der Waals surface area (Å²) in [6, 6.07) is 34.3. The average Bonchev–Trinajstić information content (AvgIpc) is 1.27. The number of benzene rings is 1. The first kappa shape index (κ1) is 78.2. The van der Waals surface area contributed by atoms with E-state index in [4.69, 9.17) is 15.0 Å². The van der Waals surface area contributed by atoms with E-state index in [1.165, 1.54) is 25.9 Å². The summed E-state index contributed by atoms with van der Waals surface area (Å²) in [5.74, 6) is 0. The maximum absolute atomic E-state index is 13.0. The van der Waals surface area contributed by atoms with E-state index in [1.807, 2.05) is 172 Å². The lowest BCUT2D eigenvalue weighted by Crippen LogP contribution is -2.59. The van der Waals surface area contributed by atoms with Crippen LogP contribution in [0.5, 0.6) is 0 Å². The minimum Gasteiger partial charge on any atom is -0.368 e. The van der Waals surface area contributed by atoms with Crippen molar-refractivity contribution in [3.63, 3.8) is 0 Å². The van der Waals surface area contributed by atoms with E-state index < -0.39 is 0 Å². The highest BCUT2D eigenvalue weighted by molar-refractivity contribution is 5.84. The van der Waals surface area contributed by atoms with Gasteiger partial charge in [0, 0.05) is 156 Å². The van der Waals surface area contributed by atoms with Crippen LogP contribution in [0.1, 0.15) is 73.3 Å². The fourth-order valence-corrected chi connectivity index (χ4v) is 17.3. The van der Waals surface area contributed by atoms with Crippen LogP contribution < -0.4 is 47.2 Å². The van der Waals surface area contributed by atoms with Crippen molar-refractivity contribution in [2.45, 2.75) is 106 Å². The lowest BCUT2D eigenvalue weighted by Gasteiger charge is -2.46. The summed E-state index contributed by atoms with van der Waals surface area (Å²) < 4.78 is 13.7. The Morgan fingerprint density at radius 3 is 1.32 bits per heavy atom. The Bertz CT molecular complexity index is 6720. The molecule has 0 saturated carbocycles. The third kappa shape index (κ3) is 15.4. The molecule has 15 aromatic heterocycles. The quantitative estimate of drug-likeness (QED) is 0.113. The highest BCUT2D eigenvalue weighted by atomic mass is 16.1. The average molecular weight is 1610 g/mol. The van der Waals surface area contributed by atoms with Crippen molar-refractivity contribution in [3.05, 3.63) is 234 Å². The molecule has 16 aromatic rings. The zero-order valence-corrected chi connectivity index (χ0v) is 70.1. The molecule has 0 spiro atoms. The van der Waals surface area contributed by atoms with Gasteiger partial charge in [-0.1, -0.05) is 19.9 Å². The van der Waals surface area contributed by atoms with Gasteiger partial charge in [0.15, 0.2) is 0 Å². The second-order valence-electron chi connectivity index (χ2n) is 32.8. The number of hydrogen-bond acceptors (Lipinski definition) is 23. The van der Waals surface area contributed by atoms with Crippen molar-refractivity contribution >= 4 is 72.8 Å². The van der Waals surface area contributed by atoms with Crippen LogP contribution in [0.15, 0.2) is 172 Å². The summed E-state index contributed by atoms with van der Waals surface area (Å²) in [7, 11) is 6.09. The molecule has 31 nitrogen and oxygen atoms in total. The molecule has 5 fully saturated rings. The van der Waals surface area contributed by atoms with Crippen LogP contribution in [0.4, 0.5) is 22.7 Å². The topological polar surface area (TPSA) is 281 Å². The molecule has 0 unspecified atom stereocenters. The summed E-state index contributed by atoms with van der Waals surface area (Å²) in [5, 5.41) is 22.7. The van der Waals surface area contributed by atoms with Gasteiger partial charge in [0.25, 0.3) is 22.2 Å². The van der Waals surface area contributed by atoms with Gasteiger partial charge in [-0.25, -0.2) is 33.5 Å². The molecule has 5 aliphatic heterocycles. The Morgan fingerprint density at radius 2 is 0.858 bits per heavy atom. The predicted octanol–water partition coefficient (Wildman–Crippen LogP) is 8.98. The number of fused-ring (bicyclic) bond motifs is 8. The monoisotopic (exact) mass is 1610 g/mol. The van der Waals surface area contributed by atoms with Crippen LogP contribution in [0.2, 0.25) is 0 Å². The van der Waals surface area contributed by atoms with Crippen molar-refractivity contribution in [1.82, 2.24) is 111 Å². The van der Waals surface area contributed by atoms with Gasteiger partial charge in [-0.3, -0.25) is 66.2 Å². The highest BCUT2D eigenvalue weighted by Gasteiger charge is 2.35. The molecule has 5 saturated heterocycles. The molecular weight excluding hydrogens is 1510 g/mol. The van der Waals surface area contributed by atoms with Crippen molar-refractivity contribution in [3.8, 4) is 45.4 Å². The zero-order chi connectivity index (χ0) is 83.2. The lowest BCUT2D eigenvalue weighted by atomic mass is 10.1. The molecule has 1 atom stereocenters. The number of pyridine rings is 4. The number of anilines is 4. The van der Waals surface area contributed by atoms with Crippen LogP contribution in [0.25, 0.3) is 95.5 Å². The minimum atomic E-state index is -0.111. The minimum absolute atomic E-state index is 0.0654. The Hall–Kier alpha value is -13.0. The number of aromatic nitrogens is 19. The number of likely N-dealkylation sites (tertiary alicyclic amines) is 1. The van der Waals surface area contributed by atoms with Crippen LogP contribution in [-0.2, 0) is 7.05 Å². The number of piperazine rings is 1. The number of likely N-dealkylation sites (N-methyl/N-ethyl adjacent to an activating group) is 2. The van der Waals surface area contributed by atoms with Crippen LogP contribution in [0, 0.1) is 48.5 Å². The number of rotatable bonds is 13. The second kappa shape index (κ2) is 31.7. The molecule has 0 bridgehead atoms. The first-order chi connectivity index (χ1) is 57.9. The van der Waals surface area contributed by atoms with Crippen molar-refractivity contribution in [1.29, 1.82) is 0 Å². The SMILES string of the molecule is CCN(CC)C1CN(c2ccc3nc(-c4cc5c(C)nc(C)cn5n4)cc(=O)n3c2)C1.Cc1cc(N2CCN[C@@H](C)C2)cn2c(=O)cc(-c3ccc4nn(C)cc4c3)nc12.Cc1cn2nc(-c3cc(=O)n4cc(N5CC(N(C)C)C5)ccc4n3)cc2c(C)n1.Cc1cn2nc(-c3cc(=O)n4cc(N5CC(N6CCCC6)C5)ccc4n3)cc2c(C)n1. The third-order valence-electron chi connectivity index (χ3n) is 24.0. The molecule has 31 heteroatoms. The summed E-state index contributed by atoms with van der Waals surface area (Å²) in [4.78, 5) is 101. The van der Waals surface area contributed by atoms with Crippen LogP contribution >= 0.6 is 0 Å². The Kier molecular flexibility index (Phi) is 20.7. The molecule has 21 rings (SSSR count). The first-order valence-corrected chi connectivity index (χ1v) is 41.4. The van der Waals surface area contributed by atoms with Gasteiger partial charge in [0.05, 0.1) is 120 Å². The Labute approximate surface area is 691 Å². The summed E-state index contributed by atoms with van der Waals surface area (Å²) in [5.41, 5.74) is 21.8. The van der Waals surface area contributed by atoms with Crippen molar-refractivity contribution < 1.29 is 0 Å². The molecule has 0 amide bonds. The molecule has 0 radical (unpaired) electrons. The second-order valence-corrected chi connectivity index (χ2v) is 32.8. The van der Waals surface area contributed by atoms with E-state index in [2.05, 4.69) is 127 Å². The predicted molar refractivity (Wildman–Crippen MR) is 470 cm³/mol. The molecule has 5 aliphatic rings. The largest absolute Gasteiger partial charge is 0.368 e. The van der Waals surface area contributed by atoms with E-state index in [1.54, 1.807) is 60.1 Å². The normalized spacial score (nSPS) is 16.1. The fraction of sp³-hybridized carbons (Fsp3) is 0.360. The van der Waals surface area contributed by atoms with Gasteiger partial charge in [-0.15, -0.1) is 0 Å². The van der Waals surface area contributed by atoms with E-state index in [0.717, 1.165) is 167 Å². The van der Waals surface area contributed by atoms with Crippen LogP contribution in [0.3, 0.4) is 0 Å². The van der Waals surface area contributed by atoms with Crippen molar-refractivity contribution in [2.75, 3.05) is 119 Å². The van der Waals surface area contributed by atoms with Gasteiger partial charge in [0.2, 0.25) is 0 Å². The van der Waals surface area contributed by atoms with Gasteiger partial charge in [-0.2, -0.15) is 20.4 Å². The van der Waals surface area contributed by atoms with Gasteiger partial charge >= 0.3 is 0 Å². The lowest BCUT2D eigenvalue weighted by molar-refractivity contribution is 0.183. The molecule has 1 aromatic carbocycles. The van der Waals surface area contributed by atoms with E-state index >= 15 is 0 Å². The van der Waals surface area contributed by atoms with Crippen molar-refractivity contribution in [2.24, 2.45) is 7.05 Å². The Balaban J connectivity index is 0.000000110. The van der Waals surface area contributed by atoms with Gasteiger partial charge < -0.3 is 29.8 Å².